The Hall–Kier alpha value is -0.820. The Balaban J connectivity index is 2.16. The predicted octanol–water partition coefficient (Wildman–Crippen LogP) is 1.70. The van der Waals surface area contributed by atoms with Crippen molar-refractivity contribution in [3.63, 3.8) is 0 Å². The highest BCUT2D eigenvalue weighted by atomic mass is 19.4. The molecule has 2 unspecified atom stereocenters. The van der Waals surface area contributed by atoms with Gasteiger partial charge in [0, 0.05) is 26.2 Å². The van der Waals surface area contributed by atoms with E-state index in [2.05, 4.69) is 9.64 Å². The summed E-state index contributed by atoms with van der Waals surface area (Å²) in [5.41, 5.74) is 0. The SMILES string of the molecule is COC(=O)C1CN(CCCOCC(F)(F)F)CC1C. The van der Waals surface area contributed by atoms with Gasteiger partial charge in [0.15, 0.2) is 0 Å². The number of carbonyl (C=O) groups is 1. The first-order valence-corrected chi connectivity index (χ1v) is 6.28. The molecule has 1 heterocycles. The molecule has 1 saturated heterocycles. The van der Waals surface area contributed by atoms with E-state index in [4.69, 9.17) is 4.74 Å². The van der Waals surface area contributed by atoms with E-state index in [1.807, 2.05) is 6.92 Å². The van der Waals surface area contributed by atoms with Crippen molar-refractivity contribution in [3.05, 3.63) is 0 Å². The lowest BCUT2D eigenvalue weighted by atomic mass is 9.99. The van der Waals surface area contributed by atoms with E-state index in [-0.39, 0.29) is 24.4 Å². The third kappa shape index (κ3) is 5.78. The number of carbonyl (C=O) groups excluding carboxylic acids is 1. The zero-order valence-electron chi connectivity index (χ0n) is 11.2. The number of esters is 1. The zero-order valence-corrected chi connectivity index (χ0v) is 11.2. The maximum atomic E-state index is 11.8. The Morgan fingerprint density at radius 3 is 2.63 bits per heavy atom. The molecule has 0 N–H and O–H groups in total. The minimum Gasteiger partial charge on any atom is -0.469 e. The molecule has 0 bridgehead atoms. The van der Waals surface area contributed by atoms with Gasteiger partial charge >= 0.3 is 12.1 Å². The Morgan fingerprint density at radius 2 is 2.05 bits per heavy atom. The van der Waals surface area contributed by atoms with Crippen LogP contribution in [0.5, 0.6) is 0 Å². The monoisotopic (exact) mass is 283 g/mol. The van der Waals surface area contributed by atoms with Crippen LogP contribution in [-0.2, 0) is 14.3 Å². The van der Waals surface area contributed by atoms with E-state index in [1.54, 1.807) is 0 Å². The Morgan fingerprint density at radius 1 is 1.37 bits per heavy atom. The van der Waals surface area contributed by atoms with Crippen LogP contribution in [0.25, 0.3) is 0 Å². The molecule has 7 heteroatoms. The van der Waals surface area contributed by atoms with Crippen molar-refractivity contribution in [2.75, 3.05) is 40.0 Å². The van der Waals surface area contributed by atoms with Gasteiger partial charge in [-0.3, -0.25) is 4.79 Å². The van der Waals surface area contributed by atoms with Gasteiger partial charge in [-0.05, 0) is 12.3 Å². The summed E-state index contributed by atoms with van der Waals surface area (Å²) in [6.45, 7) is 2.85. The first-order valence-electron chi connectivity index (χ1n) is 6.28. The summed E-state index contributed by atoms with van der Waals surface area (Å²) in [7, 11) is 1.36. The maximum Gasteiger partial charge on any atom is 0.411 e. The van der Waals surface area contributed by atoms with Gasteiger partial charge in [0.25, 0.3) is 0 Å². The average molecular weight is 283 g/mol. The van der Waals surface area contributed by atoms with Gasteiger partial charge in [0.05, 0.1) is 13.0 Å². The third-order valence-electron chi connectivity index (χ3n) is 3.22. The summed E-state index contributed by atoms with van der Waals surface area (Å²) in [4.78, 5) is 13.5. The van der Waals surface area contributed by atoms with Crippen molar-refractivity contribution in [3.8, 4) is 0 Å². The fraction of sp³-hybridized carbons (Fsp3) is 0.917. The first kappa shape index (κ1) is 16.2. The second-order valence-corrected chi connectivity index (χ2v) is 4.89. The van der Waals surface area contributed by atoms with Crippen LogP contribution in [0.15, 0.2) is 0 Å². The van der Waals surface area contributed by atoms with Gasteiger partial charge in [-0.1, -0.05) is 6.92 Å². The number of methoxy groups -OCH3 is 1. The first-order chi connectivity index (χ1) is 8.83. The molecule has 0 spiro atoms. The number of hydrogen-bond donors (Lipinski definition) is 0. The molecule has 112 valence electrons. The molecule has 0 amide bonds. The fourth-order valence-corrected chi connectivity index (χ4v) is 2.29. The van der Waals surface area contributed by atoms with Crippen LogP contribution in [0.4, 0.5) is 13.2 Å². The van der Waals surface area contributed by atoms with Crippen LogP contribution in [0.3, 0.4) is 0 Å². The van der Waals surface area contributed by atoms with Crippen molar-refractivity contribution in [1.82, 2.24) is 4.90 Å². The van der Waals surface area contributed by atoms with Crippen molar-refractivity contribution in [1.29, 1.82) is 0 Å². The molecule has 0 saturated carbocycles. The van der Waals surface area contributed by atoms with Crippen molar-refractivity contribution in [2.24, 2.45) is 11.8 Å². The van der Waals surface area contributed by atoms with Gasteiger partial charge in [-0.25, -0.2) is 0 Å². The molecule has 0 aromatic rings. The number of halogens is 3. The molecular weight excluding hydrogens is 263 g/mol. The third-order valence-corrected chi connectivity index (χ3v) is 3.22. The fourth-order valence-electron chi connectivity index (χ4n) is 2.29. The van der Waals surface area contributed by atoms with Gasteiger partial charge in [-0.15, -0.1) is 0 Å². The molecule has 4 nitrogen and oxygen atoms in total. The molecule has 19 heavy (non-hydrogen) atoms. The number of alkyl halides is 3. The number of nitrogens with zero attached hydrogens (tertiary/aromatic N) is 1. The Labute approximate surface area is 110 Å². The van der Waals surface area contributed by atoms with Crippen LogP contribution in [0, 0.1) is 11.8 Å². The van der Waals surface area contributed by atoms with Gasteiger partial charge in [0.1, 0.15) is 6.61 Å². The summed E-state index contributed by atoms with van der Waals surface area (Å²) < 4.78 is 44.7. The van der Waals surface area contributed by atoms with Crippen molar-refractivity contribution >= 4 is 5.97 Å². The lowest BCUT2D eigenvalue weighted by Gasteiger charge is -2.15. The maximum absolute atomic E-state index is 11.8. The Kier molecular flexibility index (Phi) is 6.06. The summed E-state index contributed by atoms with van der Waals surface area (Å²) in [5.74, 6) is -0.145. The normalized spacial score (nSPS) is 24.7. The molecule has 2 atom stereocenters. The zero-order chi connectivity index (χ0) is 14.5. The summed E-state index contributed by atoms with van der Waals surface area (Å²) in [6.07, 6.45) is -3.74. The van der Waals surface area contributed by atoms with E-state index in [0.29, 0.717) is 19.5 Å². The molecule has 0 aliphatic carbocycles. The molecule has 0 aromatic heterocycles. The van der Waals surface area contributed by atoms with E-state index in [0.717, 1.165) is 6.54 Å². The minimum absolute atomic E-state index is 0.0767. The highest BCUT2D eigenvalue weighted by Gasteiger charge is 2.35. The van der Waals surface area contributed by atoms with E-state index in [1.165, 1.54) is 7.11 Å². The van der Waals surface area contributed by atoms with E-state index < -0.39 is 12.8 Å². The number of ether oxygens (including phenoxy) is 2. The number of likely N-dealkylation sites (tertiary alicyclic amines) is 1. The van der Waals surface area contributed by atoms with Crippen LogP contribution < -0.4 is 0 Å². The highest BCUT2D eigenvalue weighted by Crippen LogP contribution is 2.24. The summed E-state index contributed by atoms with van der Waals surface area (Å²) in [6, 6.07) is 0. The molecule has 0 aromatic carbocycles. The molecule has 1 aliphatic rings. The topological polar surface area (TPSA) is 38.8 Å². The molecule has 1 aliphatic heterocycles. The second-order valence-electron chi connectivity index (χ2n) is 4.89. The highest BCUT2D eigenvalue weighted by molar-refractivity contribution is 5.73. The predicted molar refractivity (Wildman–Crippen MR) is 62.6 cm³/mol. The largest absolute Gasteiger partial charge is 0.469 e. The average Bonchev–Trinajstić information content (AvgIpc) is 2.67. The smallest absolute Gasteiger partial charge is 0.411 e. The van der Waals surface area contributed by atoms with Crippen molar-refractivity contribution < 1.29 is 27.4 Å². The van der Waals surface area contributed by atoms with Gasteiger partial charge in [-0.2, -0.15) is 13.2 Å². The molecule has 0 radical (unpaired) electrons. The number of rotatable bonds is 6. The summed E-state index contributed by atoms with van der Waals surface area (Å²) >= 11 is 0. The standard InChI is InChI=1S/C12H20F3NO3/c1-9-6-16(7-10(9)11(17)18-2)4-3-5-19-8-12(13,14)15/h9-10H,3-8H2,1-2H3. The minimum atomic E-state index is -4.27. The lowest BCUT2D eigenvalue weighted by Crippen LogP contribution is -2.26. The number of hydrogen-bond acceptors (Lipinski definition) is 4. The van der Waals surface area contributed by atoms with Crippen molar-refractivity contribution in [2.45, 2.75) is 19.5 Å². The molecular formula is C12H20F3NO3. The lowest BCUT2D eigenvalue weighted by molar-refractivity contribution is -0.174. The van der Waals surface area contributed by atoms with Crippen LogP contribution in [0.1, 0.15) is 13.3 Å². The quantitative estimate of drug-likeness (QED) is 0.549. The second kappa shape index (κ2) is 7.09. The van der Waals surface area contributed by atoms with E-state index in [9.17, 15) is 18.0 Å². The molecule has 1 rings (SSSR count). The van der Waals surface area contributed by atoms with Crippen LogP contribution in [0.2, 0.25) is 0 Å². The van der Waals surface area contributed by atoms with E-state index >= 15 is 0 Å². The Bertz CT molecular complexity index is 296. The van der Waals surface area contributed by atoms with Crippen LogP contribution >= 0.6 is 0 Å². The van der Waals surface area contributed by atoms with Gasteiger partial charge < -0.3 is 14.4 Å². The van der Waals surface area contributed by atoms with Crippen LogP contribution in [-0.4, -0.2) is 57.0 Å². The summed E-state index contributed by atoms with van der Waals surface area (Å²) in [5, 5.41) is 0. The van der Waals surface area contributed by atoms with Gasteiger partial charge in [0.2, 0.25) is 0 Å². The molecule has 1 fully saturated rings.